The van der Waals surface area contributed by atoms with E-state index >= 15 is 0 Å². The molecule has 5 nitrogen and oxygen atoms in total. The Kier molecular flexibility index (Phi) is 5.25. The van der Waals surface area contributed by atoms with Gasteiger partial charge >= 0.3 is 0 Å². The highest BCUT2D eigenvalue weighted by atomic mass is 16.5. The lowest BCUT2D eigenvalue weighted by Gasteiger charge is -2.22. The maximum atomic E-state index is 12.7. The second kappa shape index (κ2) is 7.96. The van der Waals surface area contributed by atoms with Gasteiger partial charge in [0.2, 0.25) is 0 Å². The number of nitrogens with one attached hydrogen (secondary N) is 2. The van der Waals surface area contributed by atoms with Crippen LogP contribution in [-0.4, -0.2) is 32.0 Å². The van der Waals surface area contributed by atoms with Gasteiger partial charge in [-0.05, 0) is 74.5 Å². The fraction of sp³-hybridized carbons (Fsp3) is 0.476. The fourth-order valence-electron chi connectivity index (χ4n) is 3.97. The summed E-state index contributed by atoms with van der Waals surface area (Å²) in [5.41, 5.74) is 2.66. The molecule has 2 aliphatic rings. The van der Waals surface area contributed by atoms with E-state index in [-0.39, 0.29) is 11.7 Å². The number of carbonyl (C=O) groups excluding carboxylic acids is 1. The van der Waals surface area contributed by atoms with E-state index in [1.165, 1.54) is 31.8 Å². The summed E-state index contributed by atoms with van der Waals surface area (Å²) in [4.78, 5) is 12.7. The second-order valence-electron chi connectivity index (χ2n) is 7.26. The molecule has 26 heavy (non-hydrogen) atoms. The molecule has 2 aliphatic heterocycles. The van der Waals surface area contributed by atoms with Gasteiger partial charge in [-0.15, -0.1) is 0 Å². The first-order chi connectivity index (χ1) is 12.8. The van der Waals surface area contributed by atoms with Crippen molar-refractivity contribution in [3.05, 3.63) is 47.9 Å². The Hall–Kier alpha value is -2.27. The summed E-state index contributed by atoms with van der Waals surface area (Å²) < 4.78 is 11.0. The molecular formula is C21H26N2O3. The number of ether oxygens (including phenoxy) is 1. The lowest BCUT2D eigenvalue weighted by Crippen LogP contribution is -2.29. The predicted octanol–water partition coefficient (Wildman–Crippen LogP) is 3.83. The van der Waals surface area contributed by atoms with Crippen molar-refractivity contribution in [2.45, 2.75) is 31.6 Å². The lowest BCUT2D eigenvalue weighted by molar-refractivity contribution is 0.0966. The van der Waals surface area contributed by atoms with Crippen LogP contribution in [0, 0.1) is 5.92 Å². The Morgan fingerprint density at radius 1 is 1.27 bits per heavy atom. The van der Waals surface area contributed by atoms with Crippen molar-refractivity contribution in [1.82, 2.24) is 5.32 Å². The summed E-state index contributed by atoms with van der Waals surface area (Å²) in [6.45, 7) is 3.65. The van der Waals surface area contributed by atoms with E-state index in [4.69, 9.17) is 9.15 Å². The van der Waals surface area contributed by atoms with Crippen molar-refractivity contribution in [2.75, 3.05) is 31.6 Å². The number of ketones is 1. The van der Waals surface area contributed by atoms with Crippen LogP contribution in [-0.2, 0) is 0 Å². The molecule has 0 spiro atoms. The SMILES string of the molecule is O=C(c1ccoc1)C1CNc2ccc(OCCCC3CCCNC3)cc21. The van der Waals surface area contributed by atoms with Crippen LogP contribution >= 0.6 is 0 Å². The number of hydrogen-bond acceptors (Lipinski definition) is 5. The molecule has 2 N–H and O–H groups in total. The third-order valence-corrected chi connectivity index (χ3v) is 5.44. The maximum Gasteiger partial charge on any atom is 0.175 e. The Balaban J connectivity index is 1.34. The van der Waals surface area contributed by atoms with Crippen molar-refractivity contribution in [3.8, 4) is 5.75 Å². The first-order valence-corrected chi connectivity index (χ1v) is 9.59. The van der Waals surface area contributed by atoms with Gasteiger partial charge in [-0.25, -0.2) is 0 Å². The van der Waals surface area contributed by atoms with Crippen LogP contribution in [0.2, 0.25) is 0 Å². The zero-order valence-electron chi connectivity index (χ0n) is 15.0. The molecule has 0 bridgehead atoms. The average molecular weight is 354 g/mol. The molecule has 4 rings (SSSR count). The largest absolute Gasteiger partial charge is 0.494 e. The van der Waals surface area contributed by atoms with E-state index in [9.17, 15) is 4.79 Å². The molecule has 0 radical (unpaired) electrons. The number of furan rings is 1. The third-order valence-electron chi connectivity index (χ3n) is 5.44. The van der Waals surface area contributed by atoms with Gasteiger partial charge in [-0.3, -0.25) is 4.79 Å². The molecule has 2 atom stereocenters. The molecule has 0 saturated carbocycles. The van der Waals surface area contributed by atoms with E-state index in [1.807, 2.05) is 18.2 Å². The molecule has 2 aromatic rings. The Morgan fingerprint density at radius 3 is 3.04 bits per heavy atom. The number of benzene rings is 1. The van der Waals surface area contributed by atoms with E-state index < -0.39 is 0 Å². The van der Waals surface area contributed by atoms with Gasteiger partial charge in [0.25, 0.3) is 0 Å². The van der Waals surface area contributed by atoms with Gasteiger partial charge in [0.15, 0.2) is 5.78 Å². The van der Waals surface area contributed by atoms with Crippen molar-refractivity contribution in [3.63, 3.8) is 0 Å². The van der Waals surface area contributed by atoms with Crippen LogP contribution < -0.4 is 15.4 Å². The summed E-state index contributed by atoms with van der Waals surface area (Å²) in [7, 11) is 0. The number of rotatable bonds is 7. The number of fused-ring (bicyclic) bond motifs is 1. The lowest BCUT2D eigenvalue weighted by atomic mass is 9.93. The van der Waals surface area contributed by atoms with Crippen LogP contribution in [0.3, 0.4) is 0 Å². The van der Waals surface area contributed by atoms with Gasteiger partial charge in [0.05, 0.1) is 24.4 Å². The van der Waals surface area contributed by atoms with Crippen molar-refractivity contribution in [1.29, 1.82) is 0 Å². The average Bonchev–Trinajstić information content (AvgIpc) is 3.35. The maximum absolute atomic E-state index is 12.7. The topological polar surface area (TPSA) is 63.5 Å². The van der Waals surface area contributed by atoms with Crippen LogP contribution in [0.25, 0.3) is 0 Å². The highest BCUT2D eigenvalue weighted by Crippen LogP contribution is 2.36. The normalized spacial score (nSPS) is 21.8. The molecular weight excluding hydrogens is 328 g/mol. The highest BCUT2D eigenvalue weighted by molar-refractivity contribution is 6.02. The smallest absolute Gasteiger partial charge is 0.175 e. The molecule has 2 unspecified atom stereocenters. The Labute approximate surface area is 154 Å². The highest BCUT2D eigenvalue weighted by Gasteiger charge is 2.30. The molecule has 1 aromatic carbocycles. The minimum absolute atomic E-state index is 0.0898. The number of anilines is 1. The minimum atomic E-state index is -0.181. The summed E-state index contributed by atoms with van der Waals surface area (Å²) in [5.74, 6) is 1.54. The zero-order valence-corrected chi connectivity index (χ0v) is 15.0. The Bertz CT molecular complexity index is 736. The van der Waals surface area contributed by atoms with Crippen LogP contribution in [0.1, 0.15) is 47.5 Å². The van der Waals surface area contributed by atoms with E-state index in [0.717, 1.165) is 49.0 Å². The van der Waals surface area contributed by atoms with Crippen molar-refractivity contribution in [2.24, 2.45) is 5.92 Å². The summed E-state index contributed by atoms with van der Waals surface area (Å²) >= 11 is 0. The quantitative estimate of drug-likeness (QED) is 0.584. The molecule has 5 heteroatoms. The molecule has 1 aromatic heterocycles. The molecule has 0 amide bonds. The third kappa shape index (κ3) is 3.78. The van der Waals surface area contributed by atoms with Gasteiger partial charge in [0, 0.05) is 12.2 Å². The van der Waals surface area contributed by atoms with Crippen molar-refractivity contribution >= 4 is 11.5 Å². The number of carbonyl (C=O) groups is 1. The van der Waals surface area contributed by atoms with Crippen LogP contribution in [0.5, 0.6) is 5.75 Å². The molecule has 3 heterocycles. The van der Waals surface area contributed by atoms with Gasteiger partial charge in [0.1, 0.15) is 12.0 Å². The molecule has 138 valence electrons. The number of piperidine rings is 1. The van der Waals surface area contributed by atoms with Crippen molar-refractivity contribution < 1.29 is 13.9 Å². The zero-order chi connectivity index (χ0) is 17.8. The summed E-state index contributed by atoms with van der Waals surface area (Å²) in [6.07, 6.45) is 7.95. The van der Waals surface area contributed by atoms with Crippen LogP contribution in [0.15, 0.2) is 41.2 Å². The first-order valence-electron chi connectivity index (χ1n) is 9.59. The second-order valence-corrected chi connectivity index (χ2v) is 7.26. The summed E-state index contributed by atoms with van der Waals surface area (Å²) in [5, 5.41) is 6.78. The van der Waals surface area contributed by atoms with E-state index in [0.29, 0.717) is 12.1 Å². The standard InChI is InChI=1S/C21H26N2O3/c24-21(16-7-10-25-14-16)19-13-23-20-6-5-17(11-18(19)20)26-9-2-4-15-3-1-8-22-12-15/h5-7,10-11,14-15,19,22-23H,1-4,8-9,12-13H2. The van der Waals surface area contributed by atoms with Crippen LogP contribution in [0.4, 0.5) is 5.69 Å². The fourth-order valence-corrected chi connectivity index (χ4v) is 3.97. The predicted molar refractivity (Wildman–Crippen MR) is 101 cm³/mol. The minimum Gasteiger partial charge on any atom is -0.494 e. The van der Waals surface area contributed by atoms with Gasteiger partial charge in [-0.1, -0.05) is 0 Å². The first kappa shape index (κ1) is 17.2. The Morgan fingerprint density at radius 2 is 2.23 bits per heavy atom. The van der Waals surface area contributed by atoms with E-state index in [2.05, 4.69) is 10.6 Å². The van der Waals surface area contributed by atoms with E-state index in [1.54, 1.807) is 6.07 Å². The number of Topliss-reactive ketones (excluding diaryl/α,β-unsaturated/α-hetero) is 1. The van der Waals surface area contributed by atoms with Gasteiger partial charge in [-0.2, -0.15) is 0 Å². The van der Waals surface area contributed by atoms with Gasteiger partial charge < -0.3 is 19.8 Å². The summed E-state index contributed by atoms with van der Waals surface area (Å²) in [6, 6.07) is 7.73. The molecule has 0 aliphatic carbocycles. The molecule has 1 fully saturated rings. The molecule has 1 saturated heterocycles. The number of hydrogen-bond donors (Lipinski definition) is 2. The monoisotopic (exact) mass is 354 g/mol.